The highest BCUT2D eigenvalue weighted by Gasteiger charge is 2.28. The molecule has 1 rings (SSSR count). The standard InChI is InChI=1S/C11H14F3N3O/c1-8(10(18)17-7-11(12,13)14)16-6-9-2-4-15-5-3-9/h2-5,8,16H,6-7H2,1H3,(H,17,18). The molecular formula is C11H14F3N3O. The average molecular weight is 261 g/mol. The molecule has 0 saturated heterocycles. The summed E-state index contributed by atoms with van der Waals surface area (Å²) in [5.74, 6) is -0.679. The fraction of sp³-hybridized carbons (Fsp3) is 0.455. The Hall–Kier alpha value is -1.63. The SMILES string of the molecule is CC(NCc1ccncc1)C(=O)NCC(F)(F)F. The molecule has 0 spiro atoms. The lowest BCUT2D eigenvalue weighted by Crippen LogP contribution is -2.44. The van der Waals surface area contributed by atoms with Gasteiger partial charge in [-0.3, -0.25) is 9.78 Å². The van der Waals surface area contributed by atoms with Gasteiger partial charge in [-0.1, -0.05) is 0 Å². The van der Waals surface area contributed by atoms with Crippen LogP contribution in [0.2, 0.25) is 0 Å². The zero-order valence-corrected chi connectivity index (χ0v) is 9.79. The first-order chi connectivity index (χ1) is 8.38. The van der Waals surface area contributed by atoms with E-state index in [1.54, 1.807) is 24.5 Å². The van der Waals surface area contributed by atoms with Gasteiger partial charge in [-0.25, -0.2) is 0 Å². The molecule has 0 aliphatic rings. The zero-order valence-electron chi connectivity index (χ0n) is 9.79. The number of alkyl halides is 3. The van der Waals surface area contributed by atoms with Crippen molar-refractivity contribution in [1.29, 1.82) is 0 Å². The van der Waals surface area contributed by atoms with E-state index >= 15 is 0 Å². The van der Waals surface area contributed by atoms with Crippen LogP contribution >= 0.6 is 0 Å². The van der Waals surface area contributed by atoms with Crippen molar-refractivity contribution in [3.05, 3.63) is 30.1 Å². The summed E-state index contributed by atoms with van der Waals surface area (Å²) in [6.45, 7) is 0.586. The molecule has 4 nitrogen and oxygen atoms in total. The average Bonchev–Trinajstić information content (AvgIpc) is 2.33. The van der Waals surface area contributed by atoms with Crippen molar-refractivity contribution < 1.29 is 18.0 Å². The maximum Gasteiger partial charge on any atom is 0.405 e. The van der Waals surface area contributed by atoms with E-state index in [-0.39, 0.29) is 0 Å². The third kappa shape index (κ3) is 5.62. The molecule has 2 N–H and O–H groups in total. The molecule has 0 bridgehead atoms. The predicted octanol–water partition coefficient (Wildman–Crippen LogP) is 1.24. The summed E-state index contributed by atoms with van der Waals surface area (Å²) in [5.41, 5.74) is 0.903. The number of nitrogens with one attached hydrogen (secondary N) is 2. The van der Waals surface area contributed by atoms with Gasteiger partial charge in [0.15, 0.2) is 0 Å². The lowest BCUT2D eigenvalue weighted by Gasteiger charge is -2.15. The minimum atomic E-state index is -4.39. The number of halogens is 3. The van der Waals surface area contributed by atoms with Gasteiger partial charge in [0.05, 0.1) is 6.04 Å². The summed E-state index contributed by atoms with van der Waals surface area (Å²) in [7, 11) is 0. The minimum Gasteiger partial charge on any atom is -0.346 e. The molecule has 18 heavy (non-hydrogen) atoms. The molecule has 7 heteroatoms. The third-order valence-electron chi connectivity index (χ3n) is 2.22. The quantitative estimate of drug-likeness (QED) is 0.838. The highest BCUT2D eigenvalue weighted by molar-refractivity contribution is 5.81. The summed E-state index contributed by atoms with van der Waals surface area (Å²) < 4.78 is 35.7. The van der Waals surface area contributed by atoms with Crippen LogP contribution in [0.3, 0.4) is 0 Å². The molecule has 1 amide bonds. The molecule has 0 aromatic carbocycles. The van der Waals surface area contributed by atoms with Crippen molar-refractivity contribution in [3.8, 4) is 0 Å². The van der Waals surface area contributed by atoms with Crippen LogP contribution in [0, 0.1) is 0 Å². The molecule has 0 fully saturated rings. The van der Waals surface area contributed by atoms with Crippen LogP contribution in [0.4, 0.5) is 13.2 Å². The van der Waals surface area contributed by atoms with Gasteiger partial charge >= 0.3 is 6.18 Å². The largest absolute Gasteiger partial charge is 0.405 e. The van der Waals surface area contributed by atoms with E-state index in [0.29, 0.717) is 6.54 Å². The topological polar surface area (TPSA) is 54.0 Å². The maximum atomic E-state index is 11.9. The van der Waals surface area contributed by atoms with Gasteiger partial charge in [0.25, 0.3) is 0 Å². The van der Waals surface area contributed by atoms with Gasteiger partial charge in [-0.05, 0) is 24.6 Å². The number of carbonyl (C=O) groups excluding carboxylic acids is 1. The predicted molar refractivity (Wildman–Crippen MR) is 59.6 cm³/mol. The van der Waals surface area contributed by atoms with Crippen LogP contribution in [0.5, 0.6) is 0 Å². The van der Waals surface area contributed by atoms with Crippen LogP contribution in [0.25, 0.3) is 0 Å². The highest BCUT2D eigenvalue weighted by atomic mass is 19.4. The number of amides is 1. The normalized spacial score (nSPS) is 13.1. The number of rotatable bonds is 5. The molecule has 0 aliphatic carbocycles. The Bertz CT molecular complexity index is 381. The lowest BCUT2D eigenvalue weighted by atomic mass is 10.2. The van der Waals surface area contributed by atoms with Crippen LogP contribution < -0.4 is 10.6 Å². The molecule has 0 radical (unpaired) electrons. The van der Waals surface area contributed by atoms with Crippen LogP contribution in [0.15, 0.2) is 24.5 Å². The Kier molecular flexibility index (Phi) is 5.08. The molecule has 0 saturated carbocycles. The highest BCUT2D eigenvalue weighted by Crippen LogP contribution is 2.12. The van der Waals surface area contributed by atoms with Crippen molar-refractivity contribution >= 4 is 5.91 Å². The molecule has 100 valence electrons. The summed E-state index contributed by atoms with van der Waals surface area (Å²) in [4.78, 5) is 15.2. The van der Waals surface area contributed by atoms with E-state index in [1.807, 2.05) is 5.32 Å². The number of hydrogen-bond acceptors (Lipinski definition) is 3. The summed E-state index contributed by atoms with van der Waals surface area (Å²) >= 11 is 0. The summed E-state index contributed by atoms with van der Waals surface area (Å²) in [6, 6.07) is 2.82. The van der Waals surface area contributed by atoms with Crippen molar-refractivity contribution in [3.63, 3.8) is 0 Å². The number of nitrogens with zero attached hydrogens (tertiary/aromatic N) is 1. The molecule has 1 unspecified atom stereocenters. The second-order valence-corrected chi connectivity index (χ2v) is 3.79. The Morgan fingerprint density at radius 1 is 1.39 bits per heavy atom. The Balaban J connectivity index is 2.32. The molecule has 1 aromatic heterocycles. The Labute approximate surface area is 103 Å². The number of carbonyl (C=O) groups is 1. The first-order valence-corrected chi connectivity index (χ1v) is 5.35. The first kappa shape index (κ1) is 14.4. The third-order valence-corrected chi connectivity index (χ3v) is 2.22. The minimum absolute atomic E-state index is 0.392. The van der Waals surface area contributed by atoms with E-state index in [2.05, 4.69) is 10.3 Å². The van der Waals surface area contributed by atoms with Crippen molar-refractivity contribution in [2.45, 2.75) is 25.7 Å². The van der Waals surface area contributed by atoms with E-state index in [1.165, 1.54) is 6.92 Å². The summed E-state index contributed by atoms with van der Waals surface area (Å²) in [6.07, 6.45) is -1.18. The van der Waals surface area contributed by atoms with E-state index in [4.69, 9.17) is 0 Å². The molecule has 1 heterocycles. The van der Waals surface area contributed by atoms with Gasteiger partial charge in [-0.15, -0.1) is 0 Å². The van der Waals surface area contributed by atoms with Gasteiger partial charge in [-0.2, -0.15) is 13.2 Å². The van der Waals surface area contributed by atoms with Gasteiger partial charge < -0.3 is 10.6 Å². The monoisotopic (exact) mass is 261 g/mol. The van der Waals surface area contributed by atoms with Crippen LogP contribution in [-0.2, 0) is 11.3 Å². The summed E-state index contributed by atoms with van der Waals surface area (Å²) in [5, 5.41) is 4.65. The van der Waals surface area contributed by atoms with Gasteiger partial charge in [0.2, 0.25) is 5.91 Å². The van der Waals surface area contributed by atoms with Gasteiger partial charge in [0.1, 0.15) is 6.54 Å². The van der Waals surface area contributed by atoms with Crippen LogP contribution in [0.1, 0.15) is 12.5 Å². The fourth-order valence-corrected chi connectivity index (χ4v) is 1.20. The van der Waals surface area contributed by atoms with Crippen molar-refractivity contribution in [2.24, 2.45) is 0 Å². The second kappa shape index (κ2) is 6.34. The van der Waals surface area contributed by atoms with Crippen molar-refractivity contribution in [2.75, 3.05) is 6.54 Å². The first-order valence-electron chi connectivity index (χ1n) is 5.35. The molecule has 1 aromatic rings. The van der Waals surface area contributed by atoms with E-state index < -0.39 is 24.7 Å². The number of pyridine rings is 1. The molecular weight excluding hydrogens is 247 g/mol. The molecule has 1 atom stereocenters. The van der Waals surface area contributed by atoms with Crippen molar-refractivity contribution in [1.82, 2.24) is 15.6 Å². The Morgan fingerprint density at radius 3 is 2.56 bits per heavy atom. The van der Waals surface area contributed by atoms with Gasteiger partial charge in [0, 0.05) is 18.9 Å². The molecule has 0 aliphatic heterocycles. The van der Waals surface area contributed by atoms with E-state index in [9.17, 15) is 18.0 Å². The number of aromatic nitrogens is 1. The van der Waals surface area contributed by atoms with E-state index in [0.717, 1.165) is 5.56 Å². The number of hydrogen-bond donors (Lipinski definition) is 2. The van der Waals surface area contributed by atoms with Crippen LogP contribution in [-0.4, -0.2) is 29.7 Å². The maximum absolute atomic E-state index is 11.9. The second-order valence-electron chi connectivity index (χ2n) is 3.79. The smallest absolute Gasteiger partial charge is 0.346 e. The Morgan fingerprint density at radius 2 is 2.00 bits per heavy atom. The zero-order chi connectivity index (χ0) is 13.6. The fourth-order valence-electron chi connectivity index (χ4n) is 1.20. The lowest BCUT2D eigenvalue weighted by molar-refractivity contribution is -0.139.